The molecular formula is C15H32N2O2. The zero-order valence-corrected chi connectivity index (χ0v) is 13.2. The molecule has 0 heterocycles. The Hall–Kier alpha value is -0.610. The highest BCUT2D eigenvalue weighted by atomic mass is 16.5. The predicted octanol–water partition coefficient (Wildman–Crippen LogP) is 2.27. The Morgan fingerprint density at radius 3 is 2.42 bits per heavy atom. The number of likely N-dealkylation sites (N-methyl/N-ethyl adjacent to an activating group) is 1. The largest absolute Gasteiger partial charge is 0.380 e. The molecule has 0 spiro atoms. The van der Waals surface area contributed by atoms with Crippen molar-refractivity contribution in [2.75, 3.05) is 32.8 Å². The van der Waals surface area contributed by atoms with Crippen LogP contribution < -0.4 is 5.73 Å². The summed E-state index contributed by atoms with van der Waals surface area (Å²) in [6.45, 7) is 11.9. The molecule has 0 aromatic heterocycles. The van der Waals surface area contributed by atoms with E-state index in [1.165, 1.54) is 0 Å². The second-order valence-electron chi connectivity index (χ2n) is 5.29. The number of rotatable bonds is 11. The summed E-state index contributed by atoms with van der Waals surface area (Å²) in [7, 11) is 0. The molecule has 0 saturated carbocycles. The van der Waals surface area contributed by atoms with Crippen LogP contribution in [-0.2, 0) is 9.53 Å². The van der Waals surface area contributed by atoms with Crippen LogP contribution in [0.15, 0.2) is 0 Å². The maximum atomic E-state index is 12.1. The van der Waals surface area contributed by atoms with Gasteiger partial charge in [-0.05, 0) is 45.1 Å². The minimum Gasteiger partial charge on any atom is -0.380 e. The van der Waals surface area contributed by atoms with Gasteiger partial charge in [-0.1, -0.05) is 13.8 Å². The molecule has 0 aliphatic heterocycles. The lowest BCUT2D eigenvalue weighted by molar-refractivity contribution is -0.132. The fourth-order valence-electron chi connectivity index (χ4n) is 2.27. The number of amides is 1. The first kappa shape index (κ1) is 18.4. The van der Waals surface area contributed by atoms with E-state index in [9.17, 15) is 4.79 Å². The van der Waals surface area contributed by atoms with Gasteiger partial charge in [0.2, 0.25) is 5.91 Å². The molecule has 4 heteroatoms. The van der Waals surface area contributed by atoms with Crippen LogP contribution in [0.1, 0.15) is 47.0 Å². The first-order chi connectivity index (χ1) is 9.06. The Balaban J connectivity index is 4.09. The summed E-state index contributed by atoms with van der Waals surface area (Å²) >= 11 is 0. The molecule has 1 amide bonds. The molecule has 19 heavy (non-hydrogen) atoms. The van der Waals surface area contributed by atoms with Crippen LogP contribution in [0.25, 0.3) is 0 Å². The van der Waals surface area contributed by atoms with Crippen LogP contribution in [0, 0.1) is 11.8 Å². The summed E-state index contributed by atoms with van der Waals surface area (Å²) in [4.78, 5) is 14.0. The van der Waals surface area contributed by atoms with Crippen molar-refractivity contribution in [2.45, 2.75) is 47.0 Å². The first-order valence-corrected chi connectivity index (χ1v) is 7.62. The number of hydrogen-bond acceptors (Lipinski definition) is 3. The summed E-state index contributed by atoms with van der Waals surface area (Å²) < 4.78 is 5.31. The molecule has 0 aliphatic rings. The summed E-state index contributed by atoms with van der Waals surface area (Å²) in [6, 6.07) is 0. The number of hydrogen-bond donors (Lipinski definition) is 1. The van der Waals surface area contributed by atoms with Crippen LogP contribution >= 0.6 is 0 Å². The highest BCUT2D eigenvalue weighted by Gasteiger charge is 2.17. The quantitative estimate of drug-likeness (QED) is 0.587. The van der Waals surface area contributed by atoms with Gasteiger partial charge in [0.05, 0.1) is 6.61 Å². The molecule has 2 N–H and O–H groups in total. The molecule has 0 bridgehead atoms. The lowest BCUT2D eigenvalue weighted by Gasteiger charge is -2.24. The second-order valence-corrected chi connectivity index (χ2v) is 5.29. The summed E-state index contributed by atoms with van der Waals surface area (Å²) in [5.41, 5.74) is 5.63. The SMILES string of the molecule is CCOCCN(CC)C(=O)CCC(CCN)C(C)C. The van der Waals surface area contributed by atoms with E-state index in [0.29, 0.717) is 44.6 Å². The Labute approximate surface area is 118 Å². The fraction of sp³-hybridized carbons (Fsp3) is 0.933. The number of carbonyl (C=O) groups excluding carboxylic acids is 1. The topological polar surface area (TPSA) is 55.6 Å². The van der Waals surface area contributed by atoms with Gasteiger partial charge in [0, 0.05) is 26.1 Å². The van der Waals surface area contributed by atoms with Crippen LogP contribution in [0.4, 0.5) is 0 Å². The highest BCUT2D eigenvalue weighted by Crippen LogP contribution is 2.20. The van der Waals surface area contributed by atoms with Crippen LogP contribution in [0.3, 0.4) is 0 Å². The Kier molecular flexibility index (Phi) is 10.9. The molecule has 1 unspecified atom stereocenters. The predicted molar refractivity (Wildman–Crippen MR) is 80.0 cm³/mol. The van der Waals surface area contributed by atoms with E-state index in [4.69, 9.17) is 10.5 Å². The average Bonchev–Trinajstić information content (AvgIpc) is 2.39. The monoisotopic (exact) mass is 272 g/mol. The lowest BCUT2D eigenvalue weighted by Crippen LogP contribution is -2.34. The van der Waals surface area contributed by atoms with Crippen molar-refractivity contribution in [1.82, 2.24) is 4.90 Å². The number of nitrogens with zero attached hydrogens (tertiary/aromatic N) is 1. The summed E-state index contributed by atoms with van der Waals surface area (Å²) in [5, 5.41) is 0. The third-order valence-corrected chi connectivity index (χ3v) is 3.65. The zero-order valence-electron chi connectivity index (χ0n) is 13.2. The van der Waals surface area contributed by atoms with Crippen molar-refractivity contribution in [3.05, 3.63) is 0 Å². The van der Waals surface area contributed by atoms with Gasteiger partial charge in [-0.15, -0.1) is 0 Å². The Morgan fingerprint density at radius 1 is 1.26 bits per heavy atom. The van der Waals surface area contributed by atoms with Gasteiger partial charge >= 0.3 is 0 Å². The van der Waals surface area contributed by atoms with Crippen molar-refractivity contribution < 1.29 is 9.53 Å². The van der Waals surface area contributed by atoms with Gasteiger partial charge in [-0.2, -0.15) is 0 Å². The van der Waals surface area contributed by atoms with E-state index >= 15 is 0 Å². The van der Waals surface area contributed by atoms with Gasteiger partial charge in [0.1, 0.15) is 0 Å². The second kappa shape index (κ2) is 11.2. The lowest BCUT2D eigenvalue weighted by atomic mass is 9.88. The van der Waals surface area contributed by atoms with Gasteiger partial charge in [-0.3, -0.25) is 4.79 Å². The summed E-state index contributed by atoms with van der Waals surface area (Å²) in [6.07, 6.45) is 2.58. The molecule has 0 aliphatic carbocycles. The third-order valence-electron chi connectivity index (χ3n) is 3.65. The number of carbonyl (C=O) groups is 1. The maximum absolute atomic E-state index is 12.1. The minimum absolute atomic E-state index is 0.241. The molecule has 1 atom stereocenters. The summed E-state index contributed by atoms with van der Waals surface area (Å²) in [5.74, 6) is 1.39. The first-order valence-electron chi connectivity index (χ1n) is 7.62. The molecule has 4 nitrogen and oxygen atoms in total. The van der Waals surface area contributed by atoms with Gasteiger partial charge in [-0.25, -0.2) is 0 Å². The van der Waals surface area contributed by atoms with Crippen molar-refractivity contribution in [3.8, 4) is 0 Å². The van der Waals surface area contributed by atoms with E-state index in [1.54, 1.807) is 0 Å². The Bertz CT molecular complexity index is 232. The van der Waals surface area contributed by atoms with Crippen molar-refractivity contribution in [1.29, 1.82) is 0 Å². The molecule has 0 aromatic carbocycles. The van der Waals surface area contributed by atoms with Crippen LogP contribution in [-0.4, -0.2) is 43.7 Å². The third kappa shape index (κ3) is 8.22. The van der Waals surface area contributed by atoms with Crippen molar-refractivity contribution >= 4 is 5.91 Å². The fourth-order valence-corrected chi connectivity index (χ4v) is 2.27. The zero-order chi connectivity index (χ0) is 14.7. The molecular weight excluding hydrogens is 240 g/mol. The van der Waals surface area contributed by atoms with Crippen molar-refractivity contribution in [3.63, 3.8) is 0 Å². The van der Waals surface area contributed by atoms with Crippen LogP contribution in [0.5, 0.6) is 0 Å². The molecule has 0 rings (SSSR count). The molecule has 0 fully saturated rings. The van der Waals surface area contributed by atoms with Crippen LogP contribution in [0.2, 0.25) is 0 Å². The normalized spacial score (nSPS) is 12.7. The van der Waals surface area contributed by atoms with E-state index in [1.807, 2.05) is 18.7 Å². The van der Waals surface area contributed by atoms with Crippen molar-refractivity contribution in [2.24, 2.45) is 17.6 Å². The van der Waals surface area contributed by atoms with Gasteiger partial charge < -0.3 is 15.4 Å². The van der Waals surface area contributed by atoms with Gasteiger partial charge in [0.25, 0.3) is 0 Å². The highest BCUT2D eigenvalue weighted by molar-refractivity contribution is 5.76. The molecule has 0 aromatic rings. The van der Waals surface area contributed by atoms with E-state index in [2.05, 4.69) is 13.8 Å². The molecule has 114 valence electrons. The van der Waals surface area contributed by atoms with E-state index < -0.39 is 0 Å². The Morgan fingerprint density at radius 2 is 1.95 bits per heavy atom. The average molecular weight is 272 g/mol. The van der Waals surface area contributed by atoms with E-state index in [-0.39, 0.29) is 5.91 Å². The molecule has 0 saturated heterocycles. The smallest absolute Gasteiger partial charge is 0.222 e. The van der Waals surface area contributed by atoms with E-state index in [0.717, 1.165) is 19.4 Å². The number of ether oxygens (including phenoxy) is 1. The maximum Gasteiger partial charge on any atom is 0.222 e. The number of nitrogens with two attached hydrogens (primary N) is 1. The molecule has 0 radical (unpaired) electrons. The standard InChI is InChI=1S/C15H32N2O2/c1-5-17(11-12-19-6-2)15(18)8-7-14(9-10-16)13(3)4/h13-14H,5-12,16H2,1-4H3. The minimum atomic E-state index is 0.241. The van der Waals surface area contributed by atoms with Gasteiger partial charge in [0.15, 0.2) is 0 Å².